The summed E-state index contributed by atoms with van der Waals surface area (Å²) in [6.45, 7) is 0. The lowest BCUT2D eigenvalue weighted by atomic mass is 9.81. The van der Waals surface area contributed by atoms with Crippen molar-refractivity contribution in [1.82, 2.24) is 0 Å². The molecular weight excluding hydrogens is 186 g/mol. The summed E-state index contributed by atoms with van der Waals surface area (Å²) < 4.78 is 0. The Hall–Kier alpha value is -1.10. The van der Waals surface area contributed by atoms with E-state index < -0.39 is 23.4 Å². The molecule has 4 atom stereocenters. The summed E-state index contributed by atoms with van der Waals surface area (Å²) >= 11 is 0. The molecular formula is C9H13NO4. The maximum atomic E-state index is 11.0. The molecule has 14 heavy (non-hydrogen) atoms. The van der Waals surface area contributed by atoms with Crippen LogP contribution in [-0.2, 0) is 9.59 Å². The summed E-state index contributed by atoms with van der Waals surface area (Å²) in [6, 6.07) is 0. The van der Waals surface area contributed by atoms with Crippen LogP contribution in [0.5, 0.6) is 0 Å². The Balaban J connectivity index is 2.31. The fraction of sp³-hybridized carbons (Fsp3) is 0.778. The van der Waals surface area contributed by atoms with E-state index in [1.165, 1.54) is 0 Å². The molecule has 2 aliphatic carbocycles. The lowest BCUT2D eigenvalue weighted by Crippen LogP contribution is -2.53. The number of carboxylic acid groups (broad SMARTS) is 2. The normalized spacial score (nSPS) is 45.4. The van der Waals surface area contributed by atoms with Gasteiger partial charge in [-0.05, 0) is 25.2 Å². The van der Waals surface area contributed by atoms with Crippen molar-refractivity contribution in [1.29, 1.82) is 0 Å². The Kier molecular flexibility index (Phi) is 1.82. The molecule has 0 aromatic heterocycles. The highest BCUT2D eigenvalue weighted by Gasteiger charge is 2.61. The first kappa shape index (κ1) is 9.45. The van der Waals surface area contributed by atoms with Crippen LogP contribution in [-0.4, -0.2) is 27.7 Å². The summed E-state index contributed by atoms with van der Waals surface area (Å²) in [5, 5.41) is 17.9. The first-order chi connectivity index (χ1) is 6.47. The van der Waals surface area contributed by atoms with E-state index in [9.17, 15) is 9.59 Å². The van der Waals surface area contributed by atoms with Crippen molar-refractivity contribution < 1.29 is 19.8 Å². The van der Waals surface area contributed by atoms with E-state index in [1.807, 2.05) is 0 Å². The predicted octanol–water partition coefficient (Wildman–Crippen LogP) is -0.101. The zero-order chi connectivity index (χ0) is 10.5. The lowest BCUT2D eigenvalue weighted by Gasteiger charge is -2.29. The first-order valence-electron chi connectivity index (χ1n) is 4.72. The molecule has 2 bridgehead atoms. The van der Waals surface area contributed by atoms with Gasteiger partial charge in [-0.2, -0.15) is 0 Å². The third-order valence-corrected chi connectivity index (χ3v) is 3.73. The zero-order valence-corrected chi connectivity index (χ0v) is 7.64. The van der Waals surface area contributed by atoms with Crippen LogP contribution in [0.15, 0.2) is 0 Å². The van der Waals surface area contributed by atoms with Gasteiger partial charge in [0.1, 0.15) is 5.54 Å². The van der Waals surface area contributed by atoms with Gasteiger partial charge in [0.2, 0.25) is 0 Å². The molecule has 0 amide bonds. The number of aliphatic carboxylic acids is 2. The van der Waals surface area contributed by atoms with Gasteiger partial charge in [0.05, 0.1) is 5.92 Å². The monoisotopic (exact) mass is 199 g/mol. The zero-order valence-electron chi connectivity index (χ0n) is 7.64. The molecule has 4 N–H and O–H groups in total. The van der Waals surface area contributed by atoms with Crippen molar-refractivity contribution in [3.63, 3.8) is 0 Å². The van der Waals surface area contributed by atoms with Crippen molar-refractivity contribution in [2.45, 2.75) is 24.8 Å². The second-order valence-corrected chi connectivity index (χ2v) is 4.36. The molecule has 2 aliphatic rings. The van der Waals surface area contributed by atoms with Gasteiger partial charge in [0.25, 0.3) is 0 Å². The van der Waals surface area contributed by atoms with Crippen molar-refractivity contribution in [3.05, 3.63) is 0 Å². The molecule has 0 aromatic rings. The van der Waals surface area contributed by atoms with Crippen LogP contribution < -0.4 is 5.73 Å². The van der Waals surface area contributed by atoms with Gasteiger partial charge in [-0.25, -0.2) is 0 Å². The van der Waals surface area contributed by atoms with E-state index >= 15 is 0 Å². The maximum Gasteiger partial charge on any atom is 0.324 e. The van der Waals surface area contributed by atoms with Gasteiger partial charge in [-0.15, -0.1) is 0 Å². The second-order valence-electron chi connectivity index (χ2n) is 4.36. The number of carbonyl (C=O) groups is 2. The molecule has 0 spiro atoms. The molecule has 0 heterocycles. The van der Waals surface area contributed by atoms with E-state index in [0.717, 1.165) is 6.42 Å². The Bertz CT molecular complexity index is 303. The first-order valence-corrected chi connectivity index (χ1v) is 4.72. The predicted molar refractivity (Wildman–Crippen MR) is 46.5 cm³/mol. The van der Waals surface area contributed by atoms with Crippen LogP contribution in [0.3, 0.4) is 0 Å². The number of fused-ring (bicyclic) bond motifs is 2. The Labute approximate surface area is 80.9 Å². The average molecular weight is 199 g/mol. The summed E-state index contributed by atoms with van der Waals surface area (Å²) in [7, 11) is 0. The van der Waals surface area contributed by atoms with E-state index in [1.54, 1.807) is 0 Å². The molecule has 0 aliphatic heterocycles. The molecule has 2 fully saturated rings. The molecule has 0 saturated heterocycles. The van der Waals surface area contributed by atoms with Gasteiger partial charge in [-0.1, -0.05) is 0 Å². The van der Waals surface area contributed by atoms with E-state index in [0.29, 0.717) is 12.8 Å². The summed E-state index contributed by atoms with van der Waals surface area (Å²) in [5.74, 6) is -2.93. The Morgan fingerprint density at radius 2 is 1.93 bits per heavy atom. The number of carboxylic acids is 2. The molecule has 5 heteroatoms. The van der Waals surface area contributed by atoms with Gasteiger partial charge >= 0.3 is 11.9 Å². The summed E-state index contributed by atoms with van der Waals surface area (Å²) in [4.78, 5) is 21.9. The highest BCUT2D eigenvalue weighted by atomic mass is 16.4. The number of hydrogen-bond acceptors (Lipinski definition) is 3. The Morgan fingerprint density at radius 1 is 1.29 bits per heavy atom. The van der Waals surface area contributed by atoms with Crippen LogP contribution in [0.4, 0.5) is 0 Å². The summed E-state index contributed by atoms with van der Waals surface area (Å²) in [5.41, 5.74) is 4.45. The highest BCUT2D eigenvalue weighted by Crippen LogP contribution is 2.53. The number of nitrogens with two attached hydrogens (primary N) is 1. The molecule has 0 radical (unpaired) electrons. The fourth-order valence-corrected chi connectivity index (χ4v) is 3.09. The van der Waals surface area contributed by atoms with E-state index in [4.69, 9.17) is 15.9 Å². The fourth-order valence-electron chi connectivity index (χ4n) is 3.09. The SMILES string of the molecule is N[C@]1(C(=O)O)C[C@H]2CC[C@@H]1[C@H]2C(=O)O. The quantitative estimate of drug-likeness (QED) is 0.576. The maximum absolute atomic E-state index is 11.0. The van der Waals surface area contributed by atoms with Crippen molar-refractivity contribution >= 4 is 11.9 Å². The van der Waals surface area contributed by atoms with Gasteiger partial charge < -0.3 is 15.9 Å². The molecule has 2 rings (SSSR count). The smallest absolute Gasteiger partial charge is 0.324 e. The lowest BCUT2D eigenvalue weighted by molar-refractivity contribution is -0.147. The van der Waals surface area contributed by atoms with Crippen molar-refractivity contribution in [2.75, 3.05) is 0 Å². The van der Waals surface area contributed by atoms with E-state index in [2.05, 4.69) is 0 Å². The van der Waals surface area contributed by atoms with Crippen LogP contribution in [0, 0.1) is 17.8 Å². The standard InChI is InChI=1S/C9H13NO4/c10-9(8(13)14)3-4-1-2-5(9)6(4)7(11)12/h4-6H,1-3,10H2,(H,11,12)(H,13,14)/t4-,5-,6+,9-/m1/s1. The van der Waals surface area contributed by atoms with E-state index in [-0.39, 0.29) is 11.8 Å². The number of hydrogen-bond donors (Lipinski definition) is 3. The van der Waals surface area contributed by atoms with Crippen LogP contribution >= 0.6 is 0 Å². The molecule has 0 aromatic carbocycles. The molecule has 0 unspecified atom stereocenters. The molecule has 78 valence electrons. The topological polar surface area (TPSA) is 101 Å². The van der Waals surface area contributed by atoms with Gasteiger partial charge in [0.15, 0.2) is 0 Å². The van der Waals surface area contributed by atoms with Crippen LogP contribution in [0.25, 0.3) is 0 Å². The second kappa shape index (κ2) is 2.70. The van der Waals surface area contributed by atoms with Crippen molar-refractivity contribution in [3.8, 4) is 0 Å². The average Bonchev–Trinajstić information content (AvgIpc) is 2.58. The molecule has 2 saturated carbocycles. The summed E-state index contributed by atoms with van der Waals surface area (Å²) in [6.07, 6.45) is 1.74. The highest BCUT2D eigenvalue weighted by molar-refractivity contribution is 5.83. The largest absolute Gasteiger partial charge is 0.481 e. The van der Waals surface area contributed by atoms with Gasteiger partial charge in [-0.3, -0.25) is 9.59 Å². The minimum Gasteiger partial charge on any atom is -0.481 e. The minimum atomic E-state index is -1.30. The third kappa shape index (κ3) is 0.987. The Morgan fingerprint density at radius 3 is 2.29 bits per heavy atom. The molecule has 5 nitrogen and oxygen atoms in total. The number of rotatable bonds is 2. The van der Waals surface area contributed by atoms with Crippen molar-refractivity contribution in [2.24, 2.45) is 23.5 Å². The third-order valence-electron chi connectivity index (χ3n) is 3.73. The van der Waals surface area contributed by atoms with Gasteiger partial charge in [0, 0.05) is 5.92 Å². The van der Waals surface area contributed by atoms with Crippen LogP contribution in [0.2, 0.25) is 0 Å². The minimum absolute atomic E-state index is 0.0430. The van der Waals surface area contributed by atoms with Crippen LogP contribution in [0.1, 0.15) is 19.3 Å².